The van der Waals surface area contributed by atoms with Gasteiger partial charge in [-0.15, -0.1) is 0 Å². The van der Waals surface area contributed by atoms with Gasteiger partial charge in [0, 0.05) is 7.11 Å². The molecule has 2 aliphatic rings. The highest BCUT2D eigenvalue weighted by Crippen LogP contribution is 2.27. The molecule has 0 bridgehead atoms. The predicted octanol–water partition coefficient (Wildman–Crippen LogP) is -0.625. The standard InChI is InChI=1S/C17H31N3O5/c1-9(2)13(20(4)5)17(22)19-12-8-25-14-11(7-24-15(12)14)18-16(21)10(3)23-6/h9-15H,7-8H2,1-6H3,(H,18,21)(H,19,22)/t10-,11+,12+,13?,14-,15-/m1/s1. The number of ether oxygens (including phenoxy) is 3. The first kappa shape index (κ1) is 20.1. The number of fused-ring (bicyclic) bond motifs is 1. The number of hydrogen-bond acceptors (Lipinski definition) is 6. The zero-order chi connectivity index (χ0) is 18.7. The van der Waals surface area contributed by atoms with Crippen LogP contribution in [0.25, 0.3) is 0 Å². The van der Waals surface area contributed by atoms with Gasteiger partial charge in [0.2, 0.25) is 11.8 Å². The molecule has 0 aromatic heterocycles. The minimum absolute atomic E-state index is 0.0293. The number of nitrogens with zero attached hydrogens (tertiary/aromatic N) is 1. The molecule has 2 N–H and O–H groups in total. The molecule has 2 amide bonds. The van der Waals surface area contributed by atoms with Gasteiger partial charge in [-0.25, -0.2) is 0 Å². The van der Waals surface area contributed by atoms with E-state index in [1.807, 2.05) is 32.8 Å². The Labute approximate surface area is 149 Å². The number of carbonyl (C=O) groups is 2. The minimum atomic E-state index is -0.525. The molecule has 8 nitrogen and oxygen atoms in total. The summed E-state index contributed by atoms with van der Waals surface area (Å²) >= 11 is 0. The highest BCUT2D eigenvalue weighted by Gasteiger charge is 2.49. The Kier molecular flexibility index (Phi) is 6.79. The Morgan fingerprint density at radius 3 is 1.88 bits per heavy atom. The Morgan fingerprint density at radius 2 is 1.48 bits per heavy atom. The number of methoxy groups -OCH3 is 1. The maximum Gasteiger partial charge on any atom is 0.249 e. The average molecular weight is 357 g/mol. The number of likely N-dealkylation sites (N-methyl/N-ethyl adjacent to an activating group) is 1. The lowest BCUT2D eigenvalue weighted by Crippen LogP contribution is -2.53. The van der Waals surface area contributed by atoms with Crippen LogP contribution >= 0.6 is 0 Å². The van der Waals surface area contributed by atoms with Crippen LogP contribution in [-0.4, -0.2) is 87.6 Å². The van der Waals surface area contributed by atoms with Gasteiger partial charge in [-0.05, 0) is 26.9 Å². The van der Waals surface area contributed by atoms with Gasteiger partial charge >= 0.3 is 0 Å². The second-order valence-corrected chi connectivity index (χ2v) is 7.36. The van der Waals surface area contributed by atoms with Gasteiger partial charge < -0.3 is 24.8 Å². The summed E-state index contributed by atoms with van der Waals surface area (Å²) in [5, 5.41) is 5.95. The molecule has 0 aliphatic carbocycles. The van der Waals surface area contributed by atoms with E-state index < -0.39 is 6.10 Å². The molecule has 2 heterocycles. The first-order valence-electron chi connectivity index (χ1n) is 8.79. The van der Waals surface area contributed by atoms with Crippen molar-refractivity contribution < 1.29 is 23.8 Å². The van der Waals surface area contributed by atoms with E-state index in [1.165, 1.54) is 7.11 Å². The van der Waals surface area contributed by atoms with Crippen LogP contribution in [-0.2, 0) is 23.8 Å². The van der Waals surface area contributed by atoms with Gasteiger partial charge in [0.25, 0.3) is 0 Å². The zero-order valence-electron chi connectivity index (χ0n) is 15.9. The molecular formula is C17H31N3O5. The molecule has 0 spiro atoms. The summed E-state index contributed by atoms with van der Waals surface area (Å²) in [6.07, 6.45) is -1.03. The quantitative estimate of drug-likeness (QED) is 0.631. The van der Waals surface area contributed by atoms with Crippen LogP contribution in [0.2, 0.25) is 0 Å². The van der Waals surface area contributed by atoms with Crippen molar-refractivity contribution in [3.8, 4) is 0 Å². The van der Waals surface area contributed by atoms with Crippen LogP contribution < -0.4 is 10.6 Å². The molecule has 2 fully saturated rings. The van der Waals surface area contributed by atoms with Crippen molar-refractivity contribution in [3.05, 3.63) is 0 Å². The number of rotatable bonds is 7. The van der Waals surface area contributed by atoms with Gasteiger partial charge in [0.05, 0.1) is 31.3 Å². The van der Waals surface area contributed by atoms with Crippen molar-refractivity contribution in [2.75, 3.05) is 34.4 Å². The van der Waals surface area contributed by atoms with Crippen molar-refractivity contribution >= 4 is 11.8 Å². The fraction of sp³-hybridized carbons (Fsp3) is 0.882. The largest absolute Gasteiger partial charge is 0.372 e. The summed E-state index contributed by atoms with van der Waals surface area (Å²) < 4.78 is 16.6. The van der Waals surface area contributed by atoms with Crippen molar-refractivity contribution in [3.63, 3.8) is 0 Å². The number of amides is 2. The van der Waals surface area contributed by atoms with Crippen molar-refractivity contribution in [1.29, 1.82) is 0 Å². The van der Waals surface area contributed by atoms with E-state index in [-0.39, 0.29) is 48.1 Å². The van der Waals surface area contributed by atoms with E-state index in [1.54, 1.807) is 6.92 Å². The Bertz CT molecular complexity index is 477. The minimum Gasteiger partial charge on any atom is -0.372 e. The van der Waals surface area contributed by atoms with Crippen LogP contribution in [0.15, 0.2) is 0 Å². The Hall–Kier alpha value is -1.22. The van der Waals surface area contributed by atoms with Crippen molar-refractivity contribution in [2.45, 2.75) is 57.2 Å². The van der Waals surface area contributed by atoms with Gasteiger partial charge in [0.1, 0.15) is 18.3 Å². The number of hydrogen-bond donors (Lipinski definition) is 2. The predicted molar refractivity (Wildman–Crippen MR) is 92.1 cm³/mol. The van der Waals surface area contributed by atoms with Gasteiger partial charge in [-0.2, -0.15) is 0 Å². The highest BCUT2D eigenvalue weighted by molar-refractivity contribution is 5.82. The summed E-state index contributed by atoms with van der Waals surface area (Å²) in [4.78, 5) is 26.5. The Morgan fingerprint density at radius 1 is 1.00 bits per heavy atom. The Balaban J connectivity index is 1.93. The normalized spacial score (nSPS) is 31.0. The van der Waals surface area contributed by atoms with Crippen molar-refractivity contribution in [1.82, 2.24) is 15.5 Å². The first-order chi connectivity index (χ1) is 11.8. The van der Waals surface area contributed by atoms with E-state index in [2.05, 4.69) is 10.6 Å². The molecule has 1 unspecified atom stereocenters. The van der Waals surface area contributed by atoms with Crippen LogP contribution in [0, 0.1) is 5.92 Å². The average Bonchev–Trinajstić information content (AvgIpc) is 3.09. The molecule has 6 atom stereocenters. The number of nitrogens with one attached hydrogen (secondary N) is 2. The first-order valence-corrected chi connectivity index (χ1v) is 8.79. The SMILES string of the molecule is CO[C@H](C)C(=O)N[C@H]1CO[C@H]2[C@@H]1OC[C@@H]2NC(=O)C(C(C)C)N(C)C. The molecule has 0 aromatic rings. The maximum absolute atomic E-state index is 12.6. The molecule has 2 rings (SSSR count). The molecule has 0 radical (unpaired) electrons. The van der Waals surface area contributed by atoms with Crippen LogP contribution in [0.1, 0.15) is 20.8 Å². The molecule has 2 saturated heterocycles. The molecule has 25 heavy (non-hydrogen) atoms. The van der Waals surface area contributed by atoms with E-state index in [0.29, 0.717) is 13.2 Å². The van der Waals surface area contributed by atoms with Gasteiger partial charge in [-0.3, -0.25) is 14.5 Å². The lowest BCUT2D eigenvalue weighted by atomic mass is 10.0. The van der Waals surface area contributed by atoms with E-state index in [9.17, 15) is 9.59 Å². The second-order valence-electron chi connectivity index (χ2n) is 7.36. The molecular weight excluding hydrogens is 326 g/mol. The smallest absolute Gasteiger partial charge is 0.249 e. The monoisotopic (exact) mass is 357 g/mol. The lowest BCUT2D eigenvalue weighted by molar-refractivity contribution is -0.131. The van der Waals surface area contributed by atoms with E-state index >= 15 is 0 Å². The van der Waals surface area contributed by atoms with Gasteiger partial charge in [-0.1, -0.05) is 13.8 Å². The highest BCUT2D eigenvalue weighted by atomic mass is 16.6. The van der Waals surface area contributed by atoms with E-state index in [4.69, 9.17) is 14.2 Å². The molecule has 0 saturated carbocycles. The molecule has 0 aromatic carbocycles. The third-order valence-electron chi connectivity index (χ3n) is 4.89. The topological polar surface area (TPSA) is 89.1 Å². The van der Waals surface area contributed by atoms with Crippen molar-refractivity contribution in [2.24, 2.45) is 5.92 Å². The molecule has 8 heteroatoms. The van der Waals surface area contributed by atoms with Crippen LogP contribution in [0.5, 0.6) is 0 Å². The third kappa shape index (κ3) is 4.49. The zero-order valence-corrected chi connectivity index (χ0v) is 15.9. The molecule has 144 valence electrons. The third-order valence-corrected chi connectivity index (χ3v) is 4.89. The summed E-state index contributed by atoms with van der Waals surface area (Å²) in [5.74, 6) is -0.0289. The summed E-state index contributed by atoms with van der Waals surface area (Å²) in [5.41, 5.74) is 0. The van der Waals surface area contributed by atoms with Crippen LogP contribution in [0.4, 0.5) is 0 Å². The summed E-state index contributed by atoms with van der Waals surface area (Å²) in [6.45, 7) is 6.48. The lowest BCUT2D eigenvalue weighted by Gasteiger charge is -2.28. The van der Waals surface area contributed by atoms with Gasteiger partial charge in [0.15, 0.2) is 0 Å². The molecule has 2 aliphatic heterocycles. The summed E-state index contributed by atoms with van der Waals surface area (Å²) in [7, 11) is 5.28. The van der Waals surface area contributed by atoms with E-state index in [0.717, 1.165) is 0 Å². The fourth-order valence-electron chi connectivity index (χ4n) is 3.56. The second kappa shape index (κ2) is 8.44. The summed E-state index contributed by atoms with van der Waals surface area (Å²) in [6, 6.07) is -0.647. The van der Waals surface area contributed by atoms with Crippen LogP contribution in [0.3, 0.4) is 0 Å². The number of carbonyl (C=O) groups excluding carboxylic acids is 2. The fourth-order valence-corrected chi connectivity index (χ4v) is 3.56. The maximum atomic E-state index is 12.6.